The zero-order valence-corrected chi connectivity index (χ0v) is 17.1. The molecular formula is C15H24N10O7. The summed E-state index contributed by atoms with van der Waals surface area (Å²) in [5, 5.41) is 44.9. The number of likely N-dealkylation sites (N-methyl/N-ethyl adjacent to an activating group) is 1. The van der Waals surface area contributed by atoms with Crippen molar-refractivity contribution in [3.8, 4) is 0 Å². The Balaban J connectivity index is 2.39. The molecule has 1 aliphatic heterocycles. The number of nitrogens with one attached hydrogen (secondary N) is 1. The van der Waals surface area contributed by atoms with E-state index in [2.05, 4.69) is 35.4 Å². The van der Waals surface area contributed by atoms with Gasteiger partial charge in [0.05, 0.1) is 24.3 Å². The molecule has 176 valence electrons. The van der Waals surface area contributed by atoms with Crippen LogP contribution in [0.2, 0.25) is 0 Å². The zero-order valence-electron chi connectivity index (χ0n) is 17.1. The largest absolute Gasteiger partial charge is 0.459 e. The van der Waals surface area contributed by atoms with Gasteiger partial charge in [-0.25, -0.2) is 0 Å². The second kappa shape index (κ2) is 11.7. The maximum Gasteiger partial charge on any atom is 0.293 e. The Morgan fingerprint density at radius 2 is 1.66 bits per heavy atom. The van der Waals surface area contributed by atoms with Crippen molar-refractivity contribution in [2.24, 2.45) is 15.3 Å². The molecule has 0 radical (unpaired) electrons. The average Bonchev–Trinajstić information content (AvgIpc) is 2.78. The molecule has 4 N–H and O–H groups in total. The summed E-state index contributed by atoms with van der Waals surface area (Å²) in [7, 11) is 1.60. The Morgan fingerprint density at radius 3 is 2.22 bits per heavy atom. The SMILES string of the molecule is CNC(C)C1O[C@H](O[C@@H]2C(N=[N+]=[N-])C[C@@H](N=[N+]=[N-])C(O)C2O)C(N=[N+]=[N-])C(O)[C@@H]1OC=O. The molecule has 0 bridgehead atoms. The Bertz CT molecular complexity index is 799. The minimum atomic E-state index is -1.67. The molecule has 1 aliphatic carbocycles. The first kappa shape index (κ1) is 25.4. The van der Waals surface area contributed by atoms with Crippen molar-refractivity contribution >= 4 is 6.47 Å². The van der Waals surface area contributed by atoms with Gasteiger partial charge in [0.15, 0.2) is 12.4 Å². The highest BCUT2D eigenvalue weighted by molar-refractivity contribution is 5.38. The Hall–Kier alpha value is -2.84. The van der Waals surface area contributed by atoms with Crippen LogP contribution in [0.3, 0.4) is 0 Å². The summed E-state index contributed by atoms with van der Waals surface area (Å²) >= 11 is 0. The van der Waals surface area contributed by atoms with Crippen molar-refractivity contribution in [3.05, 3.63) is 31.3 Å². The molecule has 2 aliphatic rings. The number of hydrogen-bond acceptors (Lipinski definition) is 11. The lowest BCUT2D eigenvalue weighted by molar-refractivity contribution is -0.293. The number of ether oxygens (including phenoxy) is 3. The number of aliphatic hydroxyl groups is 3. The minimum absolute atomic E-state index is 0.121. The third-order valence-corrected chi connectivity index (χ3v) is 5.56. The van der Waals surface area contributed by atoms with Gasteiger partial charge < -0.3 is 34.8 Å². The van der Waals surface area contributed by atoms with E-state index in [0.717, 1.165) is 0 Å². The second-order valence-electron chi connectivity index (χ2n) is 7.29. The summed E-state index contributed by atoms with van der Waals surface area (Å²) in [6.07, 6.45) is -9.94. The van der Waals surface area contributed by atoms with Crippen LogP contribution >= 0.6 is 0 Å². The third kappa shape index (κ3) is 5.31. The maximum absolute atomic E-state index is 10.9. The van der Waals surface area contributed by atoms with E-state index in [-0.39, 0.29) is 12.9 Å². The first-order valence-electron chi connectivity index (χ1n) is 9.58. The van der Waals surface area contributed by atoms with Crippen LogP contribution in [0.5, 0.6) is 0 Å². The van der Waals surface area contributed by atoms with Gasteiger partial charge in [-0.15, -0.1) is 0 Å². The normalized spacial score (nSPS) is 40.0. The van der Waals surface area contributed by atoms with Crippen LogP contribution in [0.15, 0.2) is 15.3 Å². The molecule has 1 saturated heterocycles. The van der Waals surface area contributed by atoms with Crippen molar-refractivity contribution in [1.82, 2.24) is 5.32 Å². The number of aliphatic hydroxyl groups excluding tert-OH is 3. The van der Waals surface area contributed by atoms with Gasteiger partial charge in [0, 0.05) is 20.8 Å². The molecule has 0 aromatic heterocycles. The van der Waals surface area contributed by atoms with Crippen molar-refractivity contribution in [3.63, 3.8) is 0 Å². The smallest absolute Gasteiger partial charge is 0.293 e. The quantitative estimate of drug-likeness (QED) is 0.155. The Morgan fingerprint density at radius 1 is 1.03 bits per heavy atom. The number of nitrogens with zero attached hydrogens (tertiary/aromatic N) is 9. The summed E-state index contributed by atoms with van der Waals surface area (Å²) in [4.78, 5) is 18.9. The van der Waals surface area contributed by atoms with Crippen LogP contribution in [0.4, 0.5) is 0 Å². The first-order valence-corrected chi connectivity index (χ1v) is 9.58. The highest BCUT2D eigenvalue weighted by Crippen LogP contribution is 2.33. The molecule has 7 unspecified atom stereocenters. The fourth-order valence-electron chi connectivity index (χ4n) is 3.80. The fourth-order valence-corrected chi connectivity index (χ4v) is 3.80. The first-order chi connectivity index (χ1) is 15.3. The molecule has 0 aromatic rings. The van der Waals surface area contributed by atoms with Gasteiger partial charge in [0.2, 0.25) is 0 Å². The van der Waals surface area contributed by atoms with Gasteiger partial charge in [0.1, 0.15) is 24.4 Å². The molecule has 0 spiro atoms. The molecule has 2 rings (SSSR count). The van der Waals surface area contributed by atoms with E-state index in [4.69, 9.17) is 30.8 Å². The summed E-state index contributed by atoms with van der Waals surface area (Å²) in [6.45, 7) is 1.80. The predicted octanol–water partition coefficient (Wildman–Crippen LogP) is -0.231. The lowest BCUT2D eigenvalue weighted by atomic mass is 9.84. The highest BCUT2D eigenvalue weighted by Gasteiger charge is 2.52. The average molecular weight is 456 g/mol. The lowest BCUT2D eigenvalue weighted by Crippen LogP contribution is -2.65. The molecule has 0 amide bonds. The van der Waals surface area contributed by atoms with Crippen molar-refractivity contribution in [2.45, 2.75) is 80.4 Å². The van der Waals surface area contributed by atoms with E-state index >= 15 is 0 Å². The topological polar surface area (TPSA) is 264 Å². The molecule has 17 heteroatoms. The second-order valence-corrected chi connectivity index (χ2v) is 7.29. The molecule has 2 fully saturated rings. The Labute approximate surface area is 181 Å². The van der Waals surface area contributed by atoms with E-state index in [0.29, 0.717) is 0 Å². The van der Waals surface area contributed by atoms with E-state index in [1.165, 1.54) is 0 Å². The van der Waals surface area contributed by atoms with Crippen molar-refractivity contribution in [2.75, 3.05) is 7.05 Å². The van der Waals surface area contributed by atoms with Gasteiger partial charge in [-0.1, -0.05) is 15.3 Å². The highest BCUT2D eigenvalue weighted by atomic mass is 16.7. The molecular weight excluding hydrogens is 432 g/mol. The number of rotatable bonds is 9. The standard InChI is InChI=1S/C15H24N10O7/c1-5(19-2)12-14(30-4-26)10(28)8(22-25-18)15(31-12)32-13-7(21-24-17)3-6(20-23-16)9(27)11(13)29/h4-15,19,27-29H,3H2,1-2H3/t5?,6-,7?,8?,9?,10?,11?,12?,13-,14+,15-/m1/s1. The van der Waals surface area contributed by atoms with Gasteiger partial charge in [0.25, 0.3) is 6.47 Å². The Kier molecular flexibility index (Phi) is 9.28. The van der Waals surface area contributed by atoms with Crippen LogP contribution in [0.1, 0.15) is 13.3 Å². The van der Waals surface area contributed by atoms with Crippen LogP contribution < -0.4 is 5.32 Å². The van der Waals surface area contributed by atoms with Crippen molar-refractivity contribution < 1.29 is 34.3 Å². The number of hydrogen-bond donors (Lipinski definition) is 4. The van der Waals surface area contributed by atoms with Crippen LogP contribution in [-0.4, -0.2) is 95.9 Å². The van der Waals surface area contributed by atoms with Crippen LogP contribution in [0.25, 0.3) is 31.3 Å². The third-order valence-electron chi connectivity index (χ3n) is 5.56. The number of carbonyl (C=O) groups excluding carboxylic acids is 1. The van der Waals surface area contributed by atoms with Gasteiger partial charge in [-0.3, -0.25) is 4.79 Å². The van der Waals surface area contributed by atoms with E-state index in [9.17, 15) is 20.1 Å². The monoisotopic (exact) mass is 456 g/mol. The molecule has 1 saturated carbocycles. The lowest BCUT2D eigenvalue weighted by Gasteiger charge is -2.47. The molecule has 11 atom stereocenters. The molecule has 32 heavy (non-hydrogen) atoms. The van der Waals surface area contributed by atoms with Gasteiger partial charge in [-0.2, -0.15) is 0 Å². The van der Waals surface area contributed by atoms with E-state index in [1.807, 2.05) is 0 Å². The predicted molar refractivity (Wildman–Crippen MR) is 104 cm³/mol. The van der Waals surface area contributed by atoms with Crippen molar-refractivity contribution in [1.29, 1.82) is 0 Å². The maximum atomic E-state index is 10.9. The molecule has 17 nitrogen and oxygen atoms in total. The van der Waals surface area contributed by atoms with E-state index < -0.39 is 67.1 Å². The minimum Gasteiger partial charge on any atom is -0.459 e. The molecule has 1 heterocycles. The van der Waals surface area contributed by atoms with Gasteiger partial charge >= 0.3 is 0 Å². The number of carbonyl (C=O) groups is 1. The molecule has 0 aromatic carbocycles. The zero-order chi connectivity index (χ0) is 23.8. The summed E-state index contributed by atoms with van der Waals surface area (Å²) in [6, 6.07) is -4.07. The summed E-state index contributed by atoms with van der Waals surface area (Å²) in [5.41, 5.74) is 26.5. The van der Waals surface area contributed by atoms with Gasteiger partial charge in [-0.05, 0) is 37.0 Å². The number of azide groups is 3. The summed E-state index contributed by atoms with van der Waals surface area (Å²) < 4.78 is 16.5. The summed E-state index contributed by atoms with van der Waals surface area (Å²) in [5.74, 6) is 0. The van der Waals surface area contributed by atoms with Crippen LogP contribution in [-0.2, 0) is 19.0 Å². The fraction of sp³-hybridized carbons (Fsp3) is 0.933. The van der Waals surface area contributed by atoms with E-state index in [1.54, 1.807) is 14.0 Å². The van der Waals surface area contributed by atoms with Crippen LogP contribution in [0, 0.1) is 0 Å².